The van der Waals surface area contributed by atoms with Crippen LogP contribution in [0, 0.1) is 0 Å². The third kappa shape index (κ3) is 4.19. The van der Waals surface area contributed by atoms with Gasteiger partial charge in [-0.3, -0.25) is 9.10 Å². The molecule has 0 fully saturated rings. The van der Waals surface area contributed by atoms with E-state index in [2.05, 4.69) is 10.6 Å². The molecule has 1 aliphatic rings. The second-order valence-electron chi connectivity index (χ2n) is 7.28. The van der Waals surface area contributed by atoms with Gasteiger partial charge in [0.05, 0.1) is 23.2 Å². The van der Waals surface area contributed by atoms with Crippen LogP contribution in [-0.4, -0.2) is 41.5 Å². The Morgan fingerprint density at radius 2 is 1.72 bits per heavy atom. The van der Waals surface area contributed by atoms with Crippen LogP contribution >= 0.6 is 0 Å². The summed E-state index contributed by atoms with van der Waals surface area (Å²) in [5, 5.41) is 5.92. The molecule has 4 rings (SSSR count). The minimum Gasteiger partial charge on any atom is -0.454 e. The molecule has 32 heavy (non-hydrogen) atoms. The molecular formula is C23H23N3O5S. The average Bonchev–Trinajstić information content (AvgIpc) is 3.27. The highest BCUT2D eigenvalue weighted by Gasteiger charge is 2.24. The Hall–Kier alpha value is -3.72. The smallest absolute Gasteiger partial charge is 0.259 e. The van der Waals surface area contributed by atoms with Gasteiger partial charge < -0.3 is 20.1 Å². The van der Waals surface area contributed by atoms with Crippen molar-refractivity contribution in [1.82, 2.24) is 0 Å². The molecule has 0 bridgehead atoms. The van der Waals surface area contributed by atoms with E-state index in [1.54, 1.807) is 30.3 Å². The summed E-state index contributed by atoms with van der Waals surface area (Å²) in [7, 11) is -0.262. The quantitative estimate of drug-likeness (QED) is 0.590. The number of para-hydroxylation sites is 1. The number of carbonyl (C=O) groups excluding carboxylic acids is 1. The molecule has 0 unspecified atom stereocenters. The molecule has 8 nitrogen and oxygen atoms in total. The van der Waals surface area contributed by atoms with E-state index in [9.17, 15) is 13.2 Å². The molecule has 0 saturated carbocycles. The second-order valence-corrected chi connectivity index (χ2v) is 9.30. The Bertz CT molecular complexity index is 1270. The molecular weight excluding hydrogens is 430 g/mol. The van der Waals surface area contributed by atoms with Crippen molar-refractivity contribution in [1.29, 1.82) is 0 Å². The number of ether oxygens (including phenoxy) is 2. The first kappa shape index (κ1) is 21.5. The minimum atomic E-state index is -3.55. The van der Waals surface area contributed by atoms with Gasteiger partial charge in [-0.1, -0.05) is 24.3 Å². The number of carbonyl (C=O) groups is 1. The molecule has 166 valence electrons. The largest absolute Gasteiger partial charge is 0.454 e. The zero-order valence-corrected chi connectivity index (χ0v) is 18.7. The molecule has 3 aromatic rings. The zero-order valence-electron chi connectivity index (χ0n) is 17.9. The maximum absolute atomic E-state index is 13.1. The summed E-state index contributed by atoms with van der Waals surface area (Å²) < 4.78 is 36.3. The highest BCUT2D eigenvalue weighted by atomic mass is 32.2. The summed E-state index contributed by atoms with van der Waals surface area (Å²) >= 11 is 0. The molecule has 0 spiro atoms. The zero-order chi connectivity index (χ0) is 22.9. The maximum atomic E-state index is 13.1. The minimum absolute atomic E-state index is 0.0415. The Morgan fingerprint density at radius 3 is 2.41 bits per heavy atom. The molecule has 0 aliphatic carbocycles. The lowest BCUT2D eigenvalue weighted by Gasteiger charge is -2.21. The van der Waals surface area contributed by atoms with Gasteiger partial charge in [-0.05, 0) is 47.5 Å². The van der Waals surface area contributed by atoms with Gasteiger partial charge in [-0.25, -0.2) is 8.42 Å². The molecule has 0 atom stereocenters. The van der Waals surface area contributed by atoms with Gasteiger partial charge in [0.2, 0.25) is 16.8 Å². The maximum Gasteiger partial charge on any atom is 0.259 e. The number of hydrogen-bond donors (Lipinski definition) is 2. The summed E-state index contributed by atoms with van der Waals surface area (Å²) in [6.45, 7) is 0.0415. The van der Waals surface area contributed by atoms with Gasteiger partial charge in [0, 0.05) is 19.8 Å². The third-order valence-electron chi connectivity index (χ3n) is 5.23. The van der Waals surface area contributed by atoms with Crippen LogP contribution in [0.3, 0.4) is 0 Å². The molecule has 1 amide bonds. The van der Waals surface area contributed by atoms with E-state index in [-0.39, 0.29) is 6.79 Å². The molecule has 1 heterocycles. The SMILES string of the molecule is CNc1ccc(-c2ccc(N(C)S(C)(=O)=O)c(NC(=O)c3cccc4c3OCO4)c2)cc1. The van der Waals surface area contributed by atoms with Crippen LogP contribution in [0.4, 0.5) is 17.1 Å². The van der Waals surface area contributed by atoms with Crippen molar-refractivity contribution in [3.8, 4) is 22.6 Å². The first-order chi connectivity index (χ1) is 15.3. The van der Waals surface area contributed by atoms with Crippen molar-refractivity contribution in [2.45, 2.75) is 0 Å². The van der Waals surface area contributed by atoms with Gasteiger partial charge in [0.1, 0.15) is 0 Å². The second kappa shape index (κ2) is 8.43. The first-order valence-electron chi connectivity index (χ1n) is 9.84. The summed E-state index contributed by atoms with van der Waals surface area (Å²) in [6.07, 6.45) is 1.11. The van der Waals surface area contributed by atoms with Crippen LogP contribution in [0.1, 0.15) is 10.4 Å². The molecule has 0 radical (unpaired) electrons. The van der Waals surface area contributed by atoms with Crippen LogP contribution in [0.5, 0.6) is 11.5 Å². The summed E-state index contributed by atoms with van der Waals surface area (Å²) in [4.78, 5) is 13.1. The molecule has 1 aliphatic heterocycles. The normalized spacial score (nSPS) is 12.3. The Labute approximate surface area is 186 Å². The monoisotopic (exact) mass is 453 g/mol. The van der Waals surface area contributed by atoms with Gasteiger partial charge >= 0.3 is 0 Å². The van der Waals surface area contributed by atoms with E-state index in [4.69, 9.17) is 9.47 Å². The van der Waals surface area contributed by atoms with Gasteiger partial charge in [-0.2, -0.15) is 0 Å². The van der Waals surface area contributed by atoms with Crippen LogP contribution in [0.25, 0.3) is 11.1 Å². The number of hydrogen-bond acceptors (Lipinski definition) is 6. The number of anilines is 3. The standard InChI is InChI=1S/C23H23N3O5S/c1-24-17-10-7-15(8-11-17)16-9-12-20(26(2)32(3,28)29)19(13-16)25-23(27)18-5-4-6-21-22(18)31-14-30-21/h4-13,24H,14H2,1-3H3,(H,25,27). The summed E-state index contributed by atoms with van der Waals surface area (Å²) in [6, 6.07) is 18.1. The van der Waals surface area contributed by atoms with Gasteiger partial charge in [0.25, 0.3) is 5.91 Å². The van der Waals surface area contributed by atoms with E-state index in [0.29, 0.717) is 28.4 Å². The predicted molar refractivity (Wildman–Crippen MR) is 125 cm³/mol. The number of nitrogens with one attached hydrogen (secondary N) is 2. The predicted octanol–water partition coefficient (Wildman–Crippen LogP) is 3.77. The van der Waals surface area contributed by atoms with E-state index in [1.165, 1.54) is 7.05 Å². The van der Waals surface area contributed by atoms with Gasteiger partial charge in [0.15, 0.2) is 11.5 Å². The number of nitrogens with zero attached hydrogens (tertiary/aromatic N) is 1. The van der Waals surface area contributed by atoms with E-state index >= 15 is 0 Å². The topological polar surface area (TPSA) is 97.0 Å². The van der Waals surface area contributed by atoms with Crippen molar-refractivity contribution in [2.75, 3.05) is 42.1 Å². The van der Waals surface area contributed by atoms with Crippen molar-refractivity contribution < 1.29 is 22.7 Å². The number of rotatable bonds is 6. The third-order valence-corrected chi connectivity index (χ3v) is 6.42. The molecule has 0 saturated heterocycles. The van der Waals surface area contributed by atoms with Crippen LogP contribution < -0.4 is 24.4 Å². The van der Waals surface area contributed by atoms with Crippen molar-refractivity contribution >= 4 is 33.0 Å². The highest BCUT2D eigenvalue weighted by Crippen LogP contribution is 2.37. The fourth-order valence-corrected chi connectivity index (χ4v) is 3.91. The lowest BCUT2D eigenvalue weighted by molar-refractivity contribution is 0.102. The molecule has 2 N–H and O–H groups in total. The van der Waals surface area contributed by atoms with Crippen molar-refractivity contribution in [2.24, 2.45) is 0 Å². The lowest BCUT2D eigenvalue weighted by atomic mass is 10.0. The number of fused-ring (bicyclic) bond motifs is 1. The fourth-order valence-electron chi connectivity index (χ4n) is 3.40. The van der Waals surface area contributed by atoms with E-state index in [0.717, 1.165) is 27.4 Å². The lowest BCUT2D eigenvalue weighted by Crippen LogP contribution is -2.26. The van der Waals surface area contributed by atoms with Gasteiger partial charge in [-0.15, -0.1) is 0 Å². The van der Waals surface area contributed by atoms with Crippen LogP contribution in [0.2, 0.25) is 0 Å². The Kier molecular flexibility index (Phi) is 5.67. The Balaban J connectivity index is 1.75. The summed E-state index contributed by atoms with van der Waals surface area (Å²) in [5.74, 6) is 0.421. The molecule has 9 heteroatoms. The van der Waals surface area contributed by atoms with Crippen molar-refractivity contribution in [3.05, 3.63) is 66.2 Å². The first-order valence-corrected chi connectivity index (χ1v) is 11.7. The van der Waals surface area contributed by atoms with Crippen LogP contribution in [0.15, 0.2) is 60.7 Å². The van der Waals surface area contributed by atoms with E-state index < -0.39 is 15.9 Å². The van der Waals surface area contributed by atoms with Crippen LogP contribution in [-0.2, 0) is 10.0 Å². The number of benzene rings is 3. The van der Waals surface area contributed by atoms with E-state index in [1.807, 2.05) is 37.4 Å². The summed E-state index contributed by atoms with van der Waals surface area (Å²) in [5.41, 5.74) is 3.72. The Morgan fingerprint density at radius 1 is 1.00 bits per heavy atom. The number of sulfonamides is 1. The average molecular weight is 454 g/mol. The highest BCUT2D eigenvalue weighted by molar-refractivity contribution is 7.92. The fraction of sp³-hybridized carbons (Fsp3) is 0.174. The number of amides is 1. The molecule has 3 aromatic carbocycles. The van der Waals surface area contributed by atoms with Crippen molar-refractivity contribution in [3.63, 3.8) is 0 Å². The molecule has 0 aromatic heterocycles.